The number of furan rings is 1. The largest absolute Gasteiger partial charge is 0.472 e. The molecular weight excluding hydrogens is 296 g/mol. The fourth-order valence-corrected chi connectivity index (χ4v) is 2.48. The van der Waals surface area contributed by atoms with Crippen molar-refractivity contribution >= 4 is 0 Å². The molecule has 3 heterocycles. The van der Waals surface area contributed by atoms with E-state index in [9.17, 15) is 19.8 Å². The van der Waals surface area contributed by atoms with Crippen LogP contribution in [-0.4, -0.2) is 49.8 Å². The summed E-state index contributed by atoms with van der Waals surface area (Å²) in [6.45, 7) is -0.520. The first kappa shape index (κ1) is 14.7. The van der Waals surface area contributed by atoms with Crippen LogP contribution >= 0.6 is 0 Å². The Labute approximate surface area is 123 Å². The molecule has 3 rings (SSSR count). The molecule has 0 radical (unpaired) electrons. The molecule has 1 aliphatic heterocycles. The Morgan fingerprint density at radius 1 is 1.27 bits per heavy atom. The Morgan fingerprint density at radius 3 is 2.64 bits per heavy atom. The van der Waals surface area contributed by atoms with Crippen LogP contribution < -0.4 is 11.2 Å². The fraction of sp³-hybridized carbons (Fsp3) is 0.385. The number of aromatic amines is 1. The highest BCUT2D eigenvalue weighted by molar-refractivity contribution is 5.57. The monoisotopic (exact) mass is 310 g/mol. The van der Waals surface area contributed by atoms with Gasteiger partial charge >= 0.3 is 5.69 Å². The molecule has 2 aromatic heterocycles. The van der Waals surface area contributed by atoms with Crippen molar-refractivity contribution < 1.29 is 24.5 Å². The van der Waals surface area contributed by atoms with Gasteiger partial charge in [0.15, 0.2) is 6.23 Å². The Morgan fingerprint density at radius 2 is 2.05 bits per heavy atom. The van der Waals surface area contributed by atoms with E-state index in [1.54, 1.807) is 0 Å². The van der Waals surface area contributed by atoms with Gasteiger partial charge in [0.05, 0.1) is 24.8 Å². The van der Waals surface area contributed by atoms with Crippen LogP contribution in [0.25, 0.3) is 11.3 Å². The van der Waals surface area contributed by atoms with Gasteiger partial charge in [0.2, 0.25) is 0 Å². The van der Waals surface area contributed by atoms with Gasteiger partial charge in [-0.1, -0.05) is 0 Å². The Bertz CT molecular complexity index is 763. The first-order valence-corrected chi connectivity index (χ1v) is 6.54. The van der Waals surface area contributed by atoms with Crippen LogP contribution in [0.3, 0.4) is 0 Å². The Balaban J connectivity index is 2.15. The van der Waals surface area contributed by atoms with Crippen molar-refractivity contribution in [3.8, 4) is 11.3 Å². The highest BCUT2D eigenvalue weighted by Gasteiger charge is 2.44. The zero-order valence-corrected chi connectivity index (χ0v) is 11.2. The number of nitrogens with zero attached hydrogens (tertiary/aromatic N) is 1. The van der Waals surface area contributed by atoms with Gasteiger partial charge in [0.25, 0.3) is 5.56 Å². The van der Waals surface area contributed by atoms with Crippen molar-refractivity contribution in [2.24, 2.45) is 0 Å². The molecule has 22 heavy (non-hydrogen) atoms. The van der Waals surface area contributed by atoms with Gasteiger partial charge in [-0.3, -0.25) is 14.3 Å². The van der Waals surface area contributed by atoms with Gasteiger partial charge in [0, 0.05) is 11.6 Å². The number of aliphatic hydroxyl groups excluding tert-OH is 3. The molecule has 9 nitrogen and oxygen atoms in total. The third kappa shape index (κ3) is 2.29. The van der Waals surface area contributed by atoms with Gasteiger partial charge in [-0.2, -0.15) is 0 Å². The summed E-state index contributed by atoms with van der Waals surface area (Å²) in [7, 11) is 0. The summed E-state index contributed by atoms with van der Waals surface area (Å²) in [4.78, 5) is 25.8. The highest BCUT2D eigenvalue weighted by Crippen LogP contribution is 2.31. The minimum absolute atomic E-state index is 0.164. The zero-order chi connectivity index (χ0) is 15.9. The van der Waals surface area contributed by atoms with Gasteiger partial charge < -0.3 is 24.5 Å². The summed E-state index contributed by atoms with van der Waals surface area (Å²) in [6, 6.07) is 2.69. The van der Waals surface area contributed by atoms with E-state index in [1.807, 2.05) is 0 Å². The second-order valence-corrected chi connectivity index (χ2v) is 4.93. The lowest BCUT2D eigenvalue weighted by molar-refractivity contribution is -0.0541. The van der Waals surface area contributed by atoms with E-state index in [4.69, 9.17) is 14.3 Å². The average Bonchev–Trinajstić information content (AvgIpc) is 3.09. The second kappa shape index (κ2) is 5.54. The molecule has 0 aliphatic carbocycles. The van der Waals surface area contributed by atoms with Crippen LogP contribution in [0.15, 0.2) is 38.7 Å². The lowest BCUT2D eigenvalue weighted by Crippen LogP contribution is -2.38. The summed E-state index contributed by atoms with van der Waals surface area (Å²) in [5.74, 6) is 0. The lowest BCUT2D eigenvalue weighted by atomic mass is 10.1. The van der Waals surface area contributed by atoms with Gasteiger partial charge in [-0.05, 0) is 6.07 Å². The molecule has 0 amide bonds. The maximum Gasteiger partial charge on any atom is 0.331 e. The van der Waals surface area contributed by atoms with E-state index in [1.165, 1.54) is 18.6 Å². The van der Waals surface area contributed by atoms with E-state index < -0.39 is 42.4 Å². The highest BCUT2D eigenvalue weighted by atomic mass is 16.6. The Kier molecular flexibility index (Phi) is 3.71. The number of H-pyrrole nitrogens is 1. The van der Waals surface area contributed by atoms with E-state index in [2.05, 4.69) is 4.98 Å². The molecule has 1 aliphatic rings. The number of aliphatic hydroxyl groups is 3. The normalized spacial score (nSPS) is 28.1. The Hall–Kier alpha value is -2.20. The number of nitrogens with one attached hydrogen (secondary N) is 1. The summed E-state index contributed by atoms with van der Waals surface area (Å²) >= 11 is 0. The van der Waals surface area contributed by atoms with Crippen molar-refractivity contribution in [1.82, 2.24) is 9.55 Å². The fourth-order valence-electron chi connectivity index (χ4n) is 2.48. The molecule has 0 unspecified atom stereocenters. The van der Waals surface area contributed by atoms with E-state index >= 15 is 0 Å². The molecule has 2 aromatic rings. The first-order valence-electron chi connectivity index (χ1n) is 6.54. The van der Waals surface area contributed by atoms with Crippen molar-refractivity contribution in [3.05, 3.63) is 45.5 Å². The molecule has 0 spiro atoms. The van der Waals surface area contributed by atoms with Gasteiger partial charge in [-0.25, -0.2) is 4.79 Å². The molecule has 9 heteroatoms. The molecule has 4 atom stereocenters. The van der Waals surface area contributed by atoms with E-state index in [-0.39, 0.29) is 5.69 Å². The molecule has 0 saturated carbocycles. The van der Waals surface area contributed by atoms with Crippen molar-refractivity contribution in [1.29, 1.82) is 0 Å². The van der Waals surface area contributed by atoms with Crippen molar-refractivity contribution in [2.75, 3.05) is 6.61 Å². The van der Waals surface area contributed by atoms with Crippen molar-refractivity contribution in [2.45, 2.75) is 24.5 Å². The quantitative estimate of drug-likeness (QED) is 0.536. The van der Waals surface area contributed by atoms with Crippen LogP contribution in [0, 0.1) is 0 Å². The lowest BCUT2D eigenvalue weighted by Gasteiger charge is -2.20. The molecule has 0 bridgehead atoms. The van der Waals surface area contributed by atoms with E-state index in [0.29, 0.717) is 5.56 Å². The SMILES string of the molecule is O=c1cc(-c2ccoc2)n([C@@H]2O[C@H](CO)[C@@H](O)[C@H]2O)c(=O)[nH]1. The molecule has 118 valence electrons. The maximum absolute atomic E-state index is 12.1. The van der Waals surface area contributed by atoms with Crippen LogP contribution in [-0.2, 0) is 4.74 Å². The summed E-state index contributed by atoms with van der Waals surface area (Å²) in [6.07, 6.45) is -2.39. The molecule has 0 aromatic carbocycles. The van der Waals surface area contributed by atoms with Crippen LogP contribution in [0.5, 0.6) is 0 Å². The predicted molar refractivity (Wildman–Crippen MR) is 72.0 cm³/mol. The second-order valence-electron chi connectivity index (χ2n) is 4.93. The van der Waals surface area contributed by atoms with Crippen LogP contribution in [0.4, 0.5) is 0 Å². The third-order valence-electron chi connectivity index (χ3n) is 3.56. The summed E-state index contributed by atoms with van der Waals surface area (Å²) < 4.78 is 11.3. The predicted octanol–water partition coefficient (Wildman–Crippen LogP) is -1.59. The maximum atomic E-state index is 12.1. The minimum Gasteiger partial charge on any atom is -0.472 e. The van der Waals surface area contributed by atoms with Crippen LogP contribution in [0.1, 0.15) is 6.23 Å². The minimum atomic E-state index is -1.44. The van der Waals surface area contributed by atoms with E-state index in [0.717, 1.165) is 10.6 Å². The number of ether oxygens (including phenoxy) is 1. The average molecular weight is 310 g/mol. The zero-order valence-electron chi connectivity index (χ0n) is 11.2. The van der Waals surface area contributed by atoms with Gasteiger partial charge in [-0.15, -0.1) is 0 Å². The number of hydrogen-bond donors (Lipinski definition) is 4. The molecule has 1 fully saturated rings. The van der Waals surface area contributed by atoms with Crippen molar-refractivity contribution in [3.63, 3.8) is 0 Å². The topological polar surface area (TPSA) is 138 Å². The van der Waals surface area contributed by atoms with Crippen LogP contribution in [0.2, 0.25) is 0 Å². The summed E-state index contributed by atoms with van der Waals surface area (Å²) in [5.41, 5.74) is -0.832. The number of aromatic nitrogens is 2. The first-order chi connectivity index (χ1) is 10.5. The molecule has 4 N–H and O–H groups in total. The molecular formula is C13H14N2O7. The van der Waals surface area contributed by atoms with Gasteiger partial charge in [0.1, 0.15) is 18.3 Å². The number of hydrogen-bond acceptors (Lipinski definition) is 7. The molecule has 1 saturated heterocycles. The number of rotatable bonds is 3. The third-order valence-corrected chi connectivity index (χ3v) is 3.56. The summed E-state index contributed by atoms with van der Waals surface area (Å²) in [5, 5.41) is 29.0. The smallest absolute Gasteiger partial charge is 0.331 e. The standard InChI is InChI=1S/C13H14N2O7/c16-4-8-10(18)11(19)12(22-8)15-7(6-1-2-21-5-6)3-9(17)14-13(15)20/h1-3,5,8,10-12,16,18-19H,4H2,(H,14,17,20)/t8-,10-,11-,12-/m1/s1.